The van der Waals surface area contributed by atoms with Gasteiger partial charge in [-0.15, -0.1) is 0 Å². The molecule has 0 spiro atoms. The first-order valence-electron chi connectivity index (χ1n) is 10.7. The molecule has 1 fully saturated rings. The fourth-order valence-electron chi connectivity index (χ4n) is 3.53. The molecule has 0 atom stereocenters. The Morgan fingerprint density at radius 2 is 1.86 bits per heavy atom. The molecule has 0 aliphatic carbocycles. The predicted molar refractivity (Wildman–Crippen MR) is 139 cm³/mol. The molecule has 4 rings (SSSR count). The molecule has 3 aromatic rings. The summed E-state index contributed by atoms with van der Waals surface area (Å²) in [5, 5.41) is 8.92. The number of carbonyl (C=O) groups is 2. The Morgan fingerprint density at radius 3 is 2.57 bits per heavy atom. The van der Waals surface area contributed by atoms with Gasteiger partial charge in [-0.05, 0) is 75.6 Å². The standard InChI is InChI=1S/C27H21BrN2O4S/c1-17-7-9-18(10-8-17)16-34-25-22(28)11-19(12-23(25)33-2)13-24-26(31)30(27(32)35-24)15-21-6-4-3-5-20(21)14-29/h3-13H,15-16H2,1-2H3/b24-13+. The Kier molecular flexibility index (Phi) is 7.59. The Labute approximate surface area is 216 Å². The van der Waals surface area contributed by atoms with Crippen LogP contribution in [0.3, 0.4) is 0 Å². The highest BCUT2D eigenvalue weighted by molar-refractivity contribution is 9.10. The molecule has 8 heteroatoms. The molecule has 0 N–H and O–H groups in total. The lowest BCUT2D eigenvalue weighted by atomic mass is 10.1. The summed E-state index contributed by atoms with van der Waals surface area (Å²) in [6.07, 6.45) is 1.65. The molecule has 35 heavy (non-hydrogen) atoms. The molecule has 0 unspecified atom stereocenters. The van der Waals surface area contributed by atoms with Gasteiger partial charge in [0, 0.05) is 0 Å². The van der Waals surface area contributed by atoms with Crippen molar-refractivity contribution < 1.29 is 19.1 Å². The van der Waals surface area contributed by atoms with Crippen molar-refractivity contribution in [2.75, 3.05) is 7.11 Å². The van der Waals surface area contributed by atoms with E-state index in [1.807, 2.05) is 37.3 Å². The van der Waals surface area contributed by atoms with Gasteiger partial charge in [-0.1, -0.05) is 48.0 Å². The van der Waals surface area contributed by atoms with Gasteiger partial charge in [0.2, 0.25) is 0 Å². The number of methoxy groups -OCH3 is 1. The fraction of sp³-hybridized carbons (Fsp3) is 0.148. The topological polar surface area (TPSA) is 79.6 Å². The summed E-state index contributed by atoms with van der Waals surface area (Å²) in [6.45, 7) is 2.45. The molecule has 0 radical (unpaired) electrons. The van der Waals surface area contributed by atoms with Gasteiger partial charge in [-0.25, -0.2) is 0 Å². The van der Waals surface area contributed by atoms with Gasteiger partial charge in [0.15, 0.2) is 11.5 Å². The molecule has 0 bridgehead atoms. The van der Waals surface area contributed by atoms with Crippen molar-refractivity contribution in [3.8, 4) is 17.6 Å². The number of thioether (sulfide) groups is 1. The Balaban J connectivity index is 1.54. The highest BCUT2D eigenvalue weighted by atomic mass is 79.9. The molecule has 0 saturated carbocycles. The number of aryl methyl sites for hydroxylation is 1. The van der Waals surface area contributed by atoms with E-state index in [0.29, 0.717) is 44.2 Å². The second-order valence-electron chi connectivity index (χ2n) is 7.85. The van der Waals surface area contributed by atoms with Gasteiger partial charge < -0.3 is 9.47 Å². The van der Waals surface area contributed by atoms with Crippen LogP contribution in [0.4, 0.5) is 4.79 Å². The van der Waals surface area contributed by atoms with Crippen molar-refractivity contribution in [3.63, 3.8) is 0 Å². The summed E-state index contributed by atoms with van der Waals surface area (Å²) >= 11 is 4.41. The Morgan fingerprint density at radius 1 is 1.11 bits per heavy atom. The second-order valence-corrected chi connectivity index (χ2v) is 9.69. The average Bonchev–Trinajstić information content (AvgIpc) is 3.11. The van der Waals surface area contributed by atoms with E-state index in [4.69, 9.17) is 9.47 Å². The third kappa shape index (κ3) is 5.59. The number of carbonyl (C=O) groups excluding carboxylic acids is 2. The number of imide groups is 1. The van der Waals surface area contributed by atoms with Gasteiger partial charge in [0.05, 0.1) is 34.7 Å². The molecular weight excluding hydrogens is 528 g/mol. The summed E-state index contributed by atoms with van der Waals surface area (Å²) in [4.78, 5) is 27.0. The zero-order valence-corrected chi connectivity index (χ0v) is 21.5. The molecule has 3 aromatic carbocycles. The first-order valence-corrected chi connectivity index (χ1v) is 12.3. The van der Waals surface area contributed by atoms with Crippen LogP contribution in [-0.2, 0) is 17.9 Å². The highest BCUT2D eigenvalue weighted by Crippen LogP contribution is 2.39. The number of hydrogen-bond acceptors (Lipinski definition) is 6. The number of nitrogens with zero attached hydrogens (tertiary/aromatic N) is 2. The lowest BCUT2D eigenvalue weighted by Crippen LogP contribution is -2.27. The van der Waals surface area contributed by atoms with Crippen molar-refractivity contribution in [1.82, 2.24) is 4.90 Å². The number of nitriles is 1. The summed E-state index contributed by atoms with van der Waals surface area (Å²) in [5.41, 5.74) is 3.94. The van der Waals surface area contributed by atoms with Crippen LogP contribution in [0.2, 0.25) is 0 Å². The molecule has 1 saturated heterocycles. The van der Waals surface area contributed by atoms with Crippen LogP contribution in [0.5, 0.6) is 11.5 Å². The minimum atomic E-state index is -0.400. The fourth-order valence-corrected chi connectivity index (χ4v) is 4.94. The van der Waals surface area contributed by atoms with Crippen molar-refractivity contribution in [3.05, 3.63) is 97.9 Å². The van der Waals surface area contributed by atoms with Crippen LogP contribution in [0.1, 0.15) is 27.8 Å². The van der Waals surface area contributed by atoms with E-state index in [1.54, 1.807) is 43.5 Å². The quantitative estimate of drug-likeness (QED) is 0.315. The summed E-state index contributed by atoms with van der Waals surface area (Å²) in [7, 11) is 1.55. The lowest BCUT2D eigenvalue weighted by Gasteiger charge is -2.14. The summed E-state index contributed by atoms with van der Waals surface area (Å²) < 4.78 is 12.2. The number of rotatable bonds is 7. The van der Waals surface area contributed by atoms with Crippen LogP contribution in [0, 0.1) is 18.3 Å². The maximum Gasteiger partial charge on any atom is 0.293 e. The summed E-state index contributed by atoms with van der Waals surface area (Å²) in [5.74, 6) is 0.647. The number of benzene rings is 3. The van der Waals surface area contributed by atoms with Crippen molar-refractivity contribution in [2.45, 2.75) is 20.1 Å². The number of halogens is 1. The van der Waals surface area contributed by atoms with E-state index < -0.39 is 5.91 Å². The van der Waals surface area contributed by atoms with Gasteiger partial charge >= 0.3 is 0 Å². The molecule has 1 aliphatic heterocycles. The maximum atomic E-state index is 13.0. The van der Waals surface area contributed by atoms with Crippen LogP contribution in [-0.4, -0.2) is 23.2 Å². The maximum absolute atomic E-state index is 13.0. The van der Waals surface area contributed by atoms with Gasteiger partial charge in [-0.2, -0.15) is 5.26 Å². The van der Waals surface area contributed by atoms with Crippen LogP contribution in [0.15, 0.2) is 70.0 Å². The van der Waals surface area contributed by atoms with Crippen molar-refractivity contribution in [2.24, 2.45) is 0 Å². The molecule has 1 aliphatic rings. The third-order valence-electron chi connectivity index (χ3n) is 5.39. The van der Waals surface area contributed by atoms with Crippen molar-refractivity contribution >= 4 is 44.9 Å². The monoisotopic (exact) mass is 548 g/mol. The molecule has 1 heterocycles. The number of ether oxygens (including phenoxy) is 2. The zero-order valence-electron chi connectivity index (χ0n) is 19.1. The molecule has 6 nitrogen and oxygen atoms in total. The highest BCUT2D eigenvalue weighted by Gasteiger charge is 2.35. The molecule has 176 valence electrons. The Bertz CT molecular complexity index is 1360. The van der Waals surface area contributed by atoms with Crippen molar-refractivity contribution in [1.29, 1.82) is 5.26 Å². The first kappa shape index (κ1) is 24.6. The van der Waals surface area contributed by atoms with E-state index in [9.17, 15) is 14.9 Å². The SMILES string of the molecule is COc1cc(/C=C2/SC(=O)N(Cc3ccccc3C#N)C2=O)cc(Br)c1OCc1ccc(C)cc1. The minimum Gasteiger partial charge on any atom is -0.493 e. The van der Waals surface area contributed by atoms with E-state index >= 15 is 0 Å². The molecule has 2 amide bonds. The Hall–Kier alpha value is -3.54. The first-order chi connectivity index (χ1) is 16.9. The van der Waals surface area contributed by atoms with Crippen LogP contribution < -0.4 is 9.47 Å². The van der Waals surface area contributed by atoms with E-state index in [1.165, 1.54) is 5.56 Å². The average molecular weight is 549 g/mol. The van der Waals surface area contributed by atoms with Gasteiger partial charge in [0.1, 0.15) is 6.61 Å². The number of amides is 2. The smallest absolute Gasteiger partial charge is 0.293 e. The van der Waals surface area contributed by atoms with E-state index in [-0.39, 0.29) is 11.8 Å². The summed E-state index contributed by atoms with van der Waals surface area (Å²) in [6, 6.07) is 20.7. The lowest BCUT2D eigenvalue weighted by molar-refractivity contribution is -0.123. The predicted octanol–water partition coefficient (Wildman–Crippen LogP) is 6.45. The van der Waals surface area contributed by atoms with E-state index in [2.05, 4.69) is 22.0 Å². The minimum absolute atomic E-state index is 0.0462. The van der Waals surface area contributed by atoms with Crippen LogP contribution >= 0.6 is 27.7 Å². The number of hydrogen-bond donors (Lipinski definition) is 0. The van der Waals surface area contributed by atoms with Crippen LogP contribution in [0.25, 0.3) is 6.08 Å². The second kappa shape index (κ2) is 10.8. The van der Waals surface area contributed by atoms with Gasteiger partial charge in [-0.3, -0.25) is 14.5 Å². The third-order valence-corrected chi connectivity index (χ3v) is 6.89. The molecule has 0 aromatic heterocycles. The largest absolute Gasteiger partial charge is 0.493 e. The normalized spacial score (nSPS) is 14.3. The molecular formula is C27H21BrN2O4S. The van der Waals surface area contributed by atoms with E-state index in [0.717, 1.165) is 22.2 Å². The van der Waals surface area contributed by atoms with Gasteiger partial charge in [0.25, 0.3) is 11.1 Å². The zero-order chi connectivity index (χ0) is 24.9.